The Labute approximate surface area is 249 Å². The van der Waals surface area contributed by atoms with Gasteiger partial charge in [0.2, 0.25) is 5.91 Å². The van der Waals surface area contributed by atoms with Gasteiger partial charge in [-0.3, -0.25) is 24.5 Å². The van der Waals surface area contributed by atoms with Crippen molar-refractivity contribution in [3.8, 4) is 5.75 Å². The molecule has 0 fully saturated rings. The van der Waals surface area contributed by atoms with Crippen LogP contribution in [0.5, 0.6) is 5.75 Å². The number of likely N-dealkylation sites (N-methyl/N-ethyl adjacent to an activating group) is 1. The normalized spacial score (nSPS) is 11.3. The fourth-order valence-corrected chi connectivity index (χ4v) is 3.82. The molecule has 0 aliphatic heterocycles. The van der Waals surface area contributed by atoms with Crippen molar-refractivity contribution in [2.75, 3.05) is 72.2 Å². The van der Waals surface area contributed by atoms with E-state index in [-0.39, 0.29) is 35.6 Å². The molecule has 234 valence electrons. The first kappa shape index (κ1) is 34.8. The van der Waals surface area contributed by atoms with Gasteiger partial charge in [-0.05, 0) is 24.6 Å². The predicted octanol–water partition coefficient (Wildman–Crippen LogP) is 2.11. The van der Waals surface area contributed by atoms with Gasteiger partial charge in [0.25, 0.3) is 11.6 Å². The number of ether oxygens (including phenoxy) is 4. The van der Waals surface area contributed by atoms with E-state index in [1.165, 1.54) is 49.3 Å². The third-order valence-corrected chi connectivity index (χ3v) is 6.21. The van der Waals surface area contributed by atoms with Crippen LogP contribution >= 0.6 is 0 Å². The van der Waals surface area contributed by atoms with E-state index in [4.69, 9.17) is 18.9 Å². The lowest BCUT2D eigenvalue weighted by molar-refractivity contribution is -0.384. The minimum Gasteiger partial charge on any atom is -0.491 e. The molecule has 0 aromatic heterocycles. The zero-order valence-electron chi connectivity index (χ0n) is 24.3. The van der Waals surface area contributed by atoms with E-state index in [9.17, 15) is 29.3 Å². The van der Waals surface area contributed by atoms with E-state index in [1.54, 1.807) is 12.1 Å². The third kappa shape index (κ3) is 12.2. The lowest BCUT2D eigenvalue weighted by atomic mass is 10.0. The smallest absolute Gasteiger partial charge is 0.269 e. The molecule has 0 aliphatic carbocycles. The van der Waals surface area contributed by atoms with Crippen molar-refractivity contribution in [1.82, 2.24) is 10.2 Å². The molecule has 2 amide bonds. The maximum atomic E-state index is 13.3. The monoisotopic (exact) mass is 602 g/mol. The highest BCUT2D eigenvalue weighted by atomic mass is 16.6. The number of carbonyl (C=O) groups is 4. The number of aldehydes is 2. The predicted molar refractivity (Wildman–Crippen MR) is 157 cm³/mol. The summed E-state index contributed by atoms with van der Waals surface area (Å²) in [5, 5.41) is 16.2. The second kappa shape index (κ2) is 19.7. The molecular weight excluding hydrogens is 564 g/mol. The Morgan fingerprint density at radius 2 is 1.58 bits per heavy atom. The molecule has 2 aromatic rings. The zero-order valence-corrected chi connectivity index (χ0v) is 24.3. The zero-order chi connectivity index (χ0) is 31.5. The van der Waals surface area contributed by atoms with Crippen molar-refractivity contribution < 1.29 is 43.0 Å². The molecule has 2 aromatic carbocycles. The summed E-state index contributed by atoms with van der Waals surface area (Å²) in [5.74, 6) is -0.246. The number of nitrogens with zero attached hydrogens (tertiary/aromatic N) is 2. The number of benzene rings is 2. The highest BCUT2D eigenvalue weighted by molar-refractivity contribution is 6.06. The molecule has 2 N–H and O–H groups in total. The van der Waals surface area contributed by atoms with Crippen molar-refractivity contribution in [1.29, 1.82) is 0 Å². The van der Waals surface area contributed by atoms with Gasteiger partial charge in [-0.1, -0.05) is 12.1 Å². The number of nitrogens with one attached hydrogen (secondary N) is 2. The average molecular weight is 603 g/mol. The summed E-state index contributed by atoms with van der Waals surface area (Å²) >= 11 is 0. The van der Waals surface area contributed by atoms with Gasteiger partial charge in [0.15, 0.2) is 6.29 Å². The van der Waals surface area contributed by atoms with Crippen LogP contribution < -0.4 is 15.4 Å². The van der Waals surface area contributed by atoms with Crippen molar-refractivity contribution in [2.24, 2.45) is 0 Å². The molecule has 2 rings (SSSR count). The first-order chi connectivity index (χ1) is 20.8. The van der Waals surface area contributed by atoms with E-state index >= 15 is 0 Å². The molecule has 0 aliphatic rings. The van der Waals surface area contributed by atoms with Crippen LogP contribution in [0, 0.1) is 10.1 Å². The van der Waals surface area contributed by atoms with E-state index < -0.39 is 16.9 Å². The first-order valence-corrected chi connectivity index (χ1v) is 13.7. The maximum Gasteiger partial charge on any atom is 0.269 e. The second-order valence-electron chi connectivity index (χ2n) is 9.08. The Balaban J connectivity index is 1.65. The SMILES string of the molecule is CNC(=O)CCC(C=O)N(C)C(=O)c1c(C=O)cccc1NCCOCCOCCOCCOc1ccc([N+](=O)[O-])cc1. The molecule has 0 spiro atoms. The topological polar surface area (TPSA) is 176 Å². The number of anilines is 1. The molecule has 14 nitrogen and oxygen atoms in total. The third-order valence-electron chi connectivity index (χ3n) is 6.21. The summed E-state index contributed by atoms with van der Waals surface area (Å²) in [6.45, 7) is 2.68. The number of hydrogen-bond acceptors (Lipinski definition) is 11. The van der Waals surface area contributed by atoms with Gasteiger partial charge in [0.1, 0.15) is 18.6 Å². The minimum atomic E-state index is -0.832. The second-order valence-corrected chi connectivity index (χ2v) is 9.08. The van der Waals surface area contributed by atoms with Gasteiger partial charge >= 0.3 is 0 Å². The highest BCUT2D eigenvalue weighted by Crippen LogP contribution is 2.22. The number of nitro benzene ring substituents is 1. The van der Waals surface area contributed by atoms with Gasteiger partial charge in [0, 0.05) is 50.4 Å². The molecule has 1 unspecified atom stereocenters. The summed E-state index contributed by atoms with van der Waals surface area (Å²) in [7, 11) is 2.95. The Morgan fingerprint density at radius 1 is 0.953 bits per heavy atom. The molecule has 0 bridgehead atoms. The Bertz CT molecular complexity index is 1190. The molecule has 43 heavy (non-hydrogen) atoms. The van der Waals surface area contributed by atoms with Crippen LogP contribution in [-0.4, -0.2) is 107 Å². The van der Waals surface area contributed by atoms with Gasteiger partial charge in [0.05, 0.1) is 56.2 Å². The number of hydrogen-bond donors (Lipinski definition) is 2. The van der Waals surface area contributed by atoms with Crippen molar-refractivity contribution >= 4 is 35.8 Å². The fourth-order valence-electron chi connectivity index (χ4n) is 3.82. The number of amides is 2. The molecule has 0 heterocycles. The van der Waals surface area contributed by atoms with Crippen LogP contribution in [0.2, 0.25) is 0 Å². The number of non-ortho nitro benzene ring substituents is 1. The number of nitro groups is 1. The molecule has 14 heteroatoms. The quantitative estimate of drug-likeness (QED) is 0.0874. The van der Waals surface area contributed by atoms with E-state index in [2.05, 4.69) is 10.6 Å². The van der Waals surface area contributed by atoms with Crippen LogP contribution in [0.1, 0.15) is 33.6 Å². The van der Waals surface area contributed by atoms with E-state index in [1.807, 2.05) is 0 Å². The van der Waals surface area contributed by atoms with Crippen LogP contribution in [0.25, 0.3) is 0 Å². The lowest BCUT2D eigenvalue weighted by Crippen LogP contribution is -2.39. The summed E-state index contributed by atoms with van der Waals surface area (Å²) in [5.41, 5.74) is 0.726. The first-order valence-electron chi connectivity index (χ1n) is 13.7. The highest BCUT2D eigenvalue weighted by Gasteiger charge is 2.25. The Hall–Kier alpha value is -4.40. The number of carbonyl (C=O) groups excluding carboxylic acids is 4. The fraction of sp³-hybridized carbons (Fsp3) is 0.448. The van der Waals surface area contributed by atoms with Gasteiger partial charge in [-0.25, -0.2) is 0 Å². The van der Waals surface area contributed by atoms with Crippen molar-refractivity contribution in [3.05, 3.63) is 63.7 Å². The maximum absolute atomic E-state index is 13.3. The molecule has 1 atom stereocenters. The Kier molecular flexibility index (Phi) is 15.9. The molecule has 0 saturated carbocycles. The molecule has 0 saturated heterocycles. The van der Waals surface area contributed by atoms with Gasteiger partial charge in [-0.2, -0.15) is 0 Å². The van der Waals surface area contributed by atoms with Crippen LogP contribution in [-0.2, 0) is 23.8 Å². The lowest BCUT2D eigenvalue weighted by Gasteiger charge is -2.25. The number of rotatable bonds is 22. The minimum absolute atomic E-state index is 0.00267. The summed E-state index contributed by atoms with van der Waals surface area (Å²) in [4.78, 5) is 59.5. The van der Waals surface area contributed by atoms with Crippen molar-refractivity contribution in [2.45, 2.75) is 18.9 Å². The van der Waals surface area contributed by atoms with Crippen LogP contribution in [0.15, 0.2) is 42.5 Å². The summed E-state index contributed by atoms with van der Waals surface area (Å²) in [6.07, 6.45) is 1.42. The largest absolute Gasteiger partial charge is 0.491 e. The standard InChI is InChI=1S/C29H38N4O10/c1-30-27(36)11-8-24(21-35)32(2)29(37)28-22(20-34)4-3-5-26(28)31-12-13-40-14-15-41-16-17-42-18-19-43-25-9-6-23(7-10-25)33(38)39/h3-7,9-10,20-21,24,31H,8,11-19H2,1-2H3,(H,30,36). The van der Waals surface area contributed by atoms with E-state index in [0.29, 0.717) is 76.8 Å². The van der Waals surface area contributed by atoms with Crippen LogP contribution in [0.3, 0.4) is 0 Å². The average Bonchev–Trinajstić information content (AvgIpc) is 3.02. The summed E-state index contributed by atoms with van der Waals surface area (Å²) < 4.78 is 21.9. The molecular formula is C29H38N4O10. The van der Waals surface area contributed by atoms with Crippen molar-refractivity contribution in [3.63, 3.8) is 0 Å². The Morgan fingerprint density at radius 3 is 2.16 bits per heavy atom. The van der Waals surface area contributed by atoms with Gasteiger partial charge < -0.3 is 39.3 Å². The van der Waals surface area contributed by atoms with E-state index in [0.717, 1.165) is 0 Å². The van der Waals surface area contributed by atoms with Gasteiger partial charge in [-0.15, -0.1) is 0 Å². The summed E-state index contributed by atoms with van der Waals surface area (Å²) in [6, 6.07) is 9.79. The van der Waals surface area contributed by atoms with Crippen LogP contribution in [0.4, 0.5) is 11.4 Å². The molecule has 0 radical (unpaired) electrons.